The van der Waals surface area contributed by atoms with E-state index in [1.165, 1.54) is 7.11 Å². The Hall–Kier alpha value is -1.06. The molecule has 0 aliphatic heterocycles. The second-order valence-electron chi connectivity index (χ2n) is 3.94. The van der Waals surface area contributed by atoms with E-state index in [9.17, 15) is 9.59 Å². The fourth-order valence-corrected chi connectivity index (χ4v) is 1.87. The Labute approximate surface area is 90.6 Å². The molecule has 0 saturated heterocycles. The van der Waals surface area contributed by atoms with E-state index in [4.69, 9.17) is 0 Å². The van der Waals surface area contributed by atoms with E-state index in [0.717, 1.165) is 19.3 Å². The summed E-state index contributed by atoms with van der Waals surface area (Å²) in [5, 5.41) is 0. The van der Waals surface area contributed by atoms with Gasteiger partial charge in [0.2, 0.25) is 5.91 Å². The maximum atomic E-state index is 11.7. The van der Waals surface area contributed by atoms with Gasteiger partial charge in [-0.05, 0) is 26.2 Å². The number of nitrogens with zero attached hydrogens (tertiary/aromatic N) is 1. The van der Waals surface area contributed by atoms with Crippen molar-refractivity contribution in [2.75, 3.05) is 7.11 Å². The summed E-state index contributed by atoms with van der Waals surface area (Å²) in [6.07, 6.45) is 3.60. The summed E-state index contributed by atoms with van der Waals surface area (Å²) in [6, 6.07) is -0.209. The Morgan fingerprint density at radius 1 is 1.47 bits per heavy atom. The molecule has 0 bridgehead atoms. The zero-order chi connectivity index (χ0) is 11.4. The van der Waals surface area contributed by atoms with E-state index in [2.05, 4.69) is 4.74 Å². The number of ether oxygens (including phenoxy) is 1. The molecule has 1 aliphatic rings. The highest BCUT2D eigenvalue weighted by Crippen LogP contribution is 2.27. The van der Waals surface area contributed by atoms with Crippen molar-refractivity contribution >= 4 is 11.9 Å². The Balaban J connectivity index is 2.70. The lowest BCUT2D eigenvalue weighted by Crippen LogP contribution is -2.52. The zero-order valence-electron chi connectivity index (χ0n) is 9.66. The van der Waals surface area contributed by atoms with Crippen molar-refractivity contribution in [3.63, 3.8) is 0 Å². The van der Waals surface area contributed by atoms with Crippen LogP contribution < -0.4 is 0 Å². The molecule has 0 aromatic heterocycles. The summed E-state index contributed by atoms with van der Waals surface area (Å²) < 4.78 is 4.67. The van der Waals surface area contributed by atoms with Crippen LogP contribution in [0.15, 0.2) is 0 Å². The van der Waals surface area contributed by atoms with E-state index < -0.39 is 6.04 Å². The molecule has 1 amide bonds. The molecule has 4 nitrogen and oxygen atoms in total. The molecule has 1 unspecified atom stereocenters. The van der Waals surface area contributed by atoms with Gasteiger partial charge >= 0.3 is 5.97 Å². The molecule has 0 aromatic carbocycles. The third-order valence-electron chi connectivity index (χ3n) is 3.02. The van der Waals surface area contributed by atoms with Gasteiger partial charge in [0, 0.05) is 12.5 Å². The van der Waals surface area contributed by atoms with Crippen LogP contribution in [0.5, 0.6) is 0 Å². The number of methoxy groups -OCH3 is 1. The first-order valence-electron chi connectivity index (χ1n) is 5.50. The predicted molar refractivity (Wildman–Crippen MR) is 56.3 cm³/mol. The van der Waals surface area contributed by atoms with Gasteiger partial charge in [0.25, 0.3) is 0 Å². The van der Waals surface area contributed by atoms with Gasteiger partial charge < -0.3 is 9.64 Å². The van der Waals surface area contributed by atoms with Crippen molar-refractivity contribution in [3.05, 3.63) is 0 Å². The Kier molecular flexibility index (Phi) is 4.12. The molecule has 1 fully saturated rings. The molecule has 0 spiro atoms. The zero-order valence-corrected chi connectivity index (χ0v) is 9.66. The molecule has 1 rings (SSSR count). The average molecular weight is 213 g/mol. The van der Waals surface area contributed by atoms with Gasteiger partial charge in [0.1, 0.15) is 6.04 Å². The normalized spacial score (nSPS) is 17.8. The Bertz CT molecular complexity index is 248. The minimum atomic E-state index is -0.451. The maximum Gasteiger partial charge on any atom is 0.328 e. The SMILES string of the molecule is CCC(=O)N(C1CCC1)C(C)C(=O)OC. The molecule has 15 heavy (non-hydrogen) atoms. The number of carbonyl (C=O) groups is 2. The number of hydrogen-bond acceptors (Lipinski definition) is 3. The fraction of sp³-hybridized carbons (Fsp3) is 0.818. The van der Waals surface area contributed by atoms with Crippen molar-refractivity contribution in [1.29, 1.82) is 0 Å². The molecule has 1 aliphatic carbocycles. The van der Waals surface area contributed by atoms with Crippen molar-refractivity contribution in [3.8, 4) is 0 Å². The van der Waals surface area contributed by atoms with Crippen LogP contribution in [0.2, 0.25) is 0 Å². The van der Waals surface area contributed by atoms with Crippen LogP contribution in [0.3, 0.4) is 0 Å². The lowest BCUT2D eigenvalue weighted by molar-refractivity contribution is -0.155. The summed E-state index contributed by atoms with van der Waals surface area (Å²) in [7, 11) is 1.36. The number of carbonyl (C=O) groups excluding carboxylic acids is 2. The van der Waals surface area contributed by atoms with Crippen LogP contribution in [0, 0.1) is 0 Å². The Morgan fingerprint density at radius 2 is 2.07 bits per heavy atom. The molecule has 0 heterocycles. The van der Waals surface area contributed by atoms with E-state index in [1.807, 2.05) is 6.92 Å². The third-order valence-corrected chi connectivity index (χ3v) is 3.02. The number of esters is 1. The topological polar surface area (TPSA) is 46.6 Å². The van der Waals surface area contributed by atoms with Crippen LogP contribution in [-0.2, 0) is 14.3 Å². The Morgan fingerprint density at radius 3 is 2.40 bits per heavy atom. The maximum absolute atomic E-state index is 11.7. The van der Waals surface area contributed by atoms with Crippen molar-refractivity contribution < 1.29 is 14.3 Å². The summed E-state index contributed by atoms with van der Waals surface area (Å²) in [4.78, 5) is 24.8. The minimum absolute atomic E-state index is 0.0394. The highest BCUT2D eigenvalue weighted by Gasteiger charge is 2.34. The largest absolute Gasteiger partial charge is 0.467 e. The van der Waals surface area contributed by atoms with Crippen LogP contribution in [-0.4, -0.2) is 36.0 Å². The van der Waals surface area contributed by atoms with Crippen LogP contribution in [0.1, 0.15) is 39.5 Å². The summed E-state index contributed by atoms with van der Waals surface area (Å²) >= 11 is 0. The monoisotopic (exact) mass is 213 g/mol. The molecule has 4 heteroatoms. The van der Waals surface area contributed by atoms with Crippen molar-refractivity contribution in [1.82, 2.24) is 4.90 Å². The molecule has 1 saturated carbocycles. The van der Waals surface area contributed by atoms with Gasteiger partial charge in [-0.3, -0.25) is 4.79 Å². The van der Waals surface area contributed by atoms with Gasteiger partial charge in [0.05, 0.1) is 7.11 Å². The van der Waals surface area contributed by atoms with Crippen LogP contribution >= 0.6 is 0 Å². The first-order valence-corrected chi connectivity index (χ1v) is 5.50. The number of amides is 1. The summed E-state index contributed by atoms with van der Waals surface area (Å²) in [6.45, 7) is 3.55. The van der Waals surface area contributed by atoms with Gasteiger partial charge in [-0.25, -0.2) is 4.79 Å². The van der Waals surface area contributed by atoms with Crippen LogP contribution in [0.4, 0.5) is 0 Å². The summed E-state index contributed by atoms with van der Waals surface area (Å²) in [5.41, 5.74) is 0. The van der Waals surface area contributed by atoms with Crippen LogP contribution in [0.25, 0.3) is 0 Å². The minimum Gasteiger partial charge on any atom is -0.467 e. The molecular weight excluding hydrogens is 194 g/mol. The second kappa shape index (κ2) is 5.14. The van der Waals surface area contributed by atoms with Crippen molar-refractivity contribution in [2.24, 2.45) is 0 Å². The standard InChI is InChI=1S/C11H19NO3/c1-4-10(13)12(9-6-5-7-9)8(2)11(14)15-3/h8-9H,4-7H2,1-3H3. The van der Waals surface area contributed by atoms with E-state index in [1.54, 1.807) is 11.8 Å². The van der Waals surface area contributed by atoms with Crippen molar-refractivity contribution in [2.45, 2.75) is 51.6 Å². The fourth-order valence-electron chi connectivity index (χ4n) is 1.87. The van der Waals surface area contributed by atoms with E-state index >= 15 is 0 Å². The second-order valence-corrected chi connectivity index (χ2v) is 3.94. The van der Waals surface area contributed by atoms with Gasteiger partial charge in [-0.2, -0.15) is 0 Å². The number of rotatable bonds is 4. The predicted octanol–water partition coefficient (Wildman–Crippen LogP) is 1.34. The smallest absolute Gasteiger partial charge is 0.328 e. The summed E-state index contributed by atoms with van der Waals surface area (Å²) in [5.74, 6) is -0.290. The van der Waals surface area contributed by atoms with E-state index in [-0.39, 0.29) is 17.9 Å². The van der Waals surface area contributed by atoms with Gasteiger partial charge in [0.15, 0.2) is 0 Å². The molecule has 0 radical (unpaired) electrons. The number of hydrogen-bond donors (Lipinski definition) is 0. The lowest BCUT2D eigenvalue weighted by Gasteiger charge is -2.40. The molecule has 86 valence electrons. The lowest BCUT2D eigenvalue weighted by atomic mass is 9.90. The molecule has 0 N–H and O–H groups in total. The first-order chi connectivity index (χ1) is 7.11. The quantitative estimate of drug-likeness (QED) is 0.662. The van der Waals surface area contributed by atoms with Gasteiger partial charge in [-0.15, -0.1) is 0 Å². The van der Waals surface area contributed by atoms with E-state index in [0.29, 0.717) is 6.42 Å². The van der Waals surface area contributed by atoms with Gasteiger partial charge in [-0.1, -0.05) is 6.92 Å². The first kappa shape index (κ1) is 12.0. The highest BCUT2D eigenvalue weighted by molar-refractivity contribution is 5.84. The average Bonchev–Trinajstić information content (AvgIpc) is 2.19. The third kappa shape index (κ3) is 2.49. The molecule has 0 aromatic rings. The highest BCUT2D eigenvalue weighted by atomic mass is 16.5. The molecule has 1 atom stereocenters. The molecular formula is C11H19NO3.